The van der Waals surface area contributed by atoms with E-state index < -0.39 is 0 Å². The second kappa shape index (κ2) is 7.63. The zero-order valence-corrected chi connectivity index (χ0v) is 11.7. The Morgan fingerprint density at radius 2 is 1.74 bits per heavy atom. The second-order valence-electron chi connectivity index (χ2n) is 5.53. The standard InChI is InChI=1S/C16H26N2O/c17-10-3-11-18(16-4-1-2-5-16)12-14-6-8-15(13-19)9-7-14/h6-9,16,19H,1-5,10-13,17H2. The fourth-order valence-corrected chi connectivity index (χ4v) is 2.94. The van der Waals surface area contributed by atoms with Crippen molar-refractivity contribution in [3.05, 3.63) is 35.4 Å². The van der Waals surface area contributed by atoms with Gasteiger partial charge >= 0.3 is 0 Å². The zero-order chi connectivity index (χ0) is 13.5. The Labute approximate surface area is 116 Å². The Morgan fingerprint density at radius 1 is 1.11 bits per heavy atom. The predicted octanol–water partition coefficient (Wildman–Crippen LogP) is 2.27. The Morgan fingerprint density at radius 3 is 2.32 bits per heavy atom. The number of rotatable bonds is 7. The van der Waals surface area contributed by atoms with Crippen molar-refractivity contribution in [2.45, 2.75) is 51.3 Å². The van der Waals surface area contributed by atoms with Crippen molar-refractivity contribution in [2.24, 2.45) is 5.73 Å². The van der Waals surface area contributed by atoms with Crippen molar-refractivity contribution >= 4 is 0 Å². The summed E-state index contributed by atoms with van der Waals surface area (Å²) in [5, 5.41) is 9.07. The van der Waals surface area contributed by atoms with Gasteiger partial charge in [0.05, 0.1) is 6.61 Å². The lowest BCUT2D eigenvalue weighted by molar-refractivity contribution is 0.188. The summed E-state index contributed by atoms with van der Waals surface area (Å²) in [5.41, 5.74) is 7.97. The van der Waals surface area contributed by atoms with Crippen molar-refractivity contribution in [3.8, 4) is 0 Å². The number of nitrogens with two attached hydrogens (primary N) is 1. The lowest BCUT2D eigenvalue weighted by atomic mass is 10.1. The summed E-state index contributed by atoms with van der Waals surface area (Å²) in [7, 11) is 0. The molecular formula is C16H26N2O. The topological polar surface area (TPSA) is 49.5 Å². The van der Waals surface area contributed by atoms with Gasteiger partial charge in [-0.2, -0.15) is 0 Å². The molecule has 106 valence electrons. The van der Waals surface area contributed by atoms with Gasteiger partial charge in [-0.15, -0.1) is 0 Å². The fourth-order valence-electron chi connectivity index (χ4n) is 2.94. The maximum absolute atomic E-state index is 9.07. The van der Waals surface area contributed by atoms with Crippen LogP contribution in [0.5, 0.6) is 0 Å². The molecule has 2 rings (SSSR count). The first-order chi connectivity index (χ1) is 9.33. The number of benzene rings is 1. The van der Waals surface area contributed by atoms with Gasteiger partial charge in [-0.05, 0) is 43.5 Å². The molecule has 1 aromatic rings. The van der Waals surface area contributed by atoms with Crippen LogP contribution >= 0.6 is 0 Å². The van der Waals surface area contributed by atoms with Gasteiger partial charge in [0.15, 0.2) is 0 Å². The predicted molar refractivity (Wildman–Crippen MR) is 78.7 cm³/mol. The minimum Gasteiger partial charge on any atom is -0.392 e. The largest absolute Gasteiger partial charge is 0.392 e. The van der Waals surface area contributed by atoms with Gasteiger partial charge in [0.25, 0.3) is 0 Å². The summed E-state index contributed by atoms with van der Waals surface area (Å²) in [6.45, 7) is 3.01. The van der Waals surface area contributed by atoms with Crippen molar-refractivity contribution in [1.82, 2.24) is 4.90 Å². The smallest absolute Gasteiger partial charge is 0.0681 e. The quantitative estimate of drug-likeness (QED) is 0.792. The molecule has 0 heterocycles. The van der Waals surface area contributed by atoms with Crippen molar-refractivity contribution in [1.29, 1.82) is 0 Å². The molecule has 0 spiro atoms. The van der Waals surface area contributed by atoms with Gasteiger partial charge in [0.1, 0.15) is 0 Å². The van der Waals surface area contributed by atoms with E-state index in [1.165, 1.54) is 31.2 Å². The van der Waals surface area contributed by atoms with Gasteiger partial charge in [0, 0.05) is 12.6 Å². The number of aliphatic hydroxyl groups excluding tert-OH is 1. The average Bonchev–Trinajstić information content (AvgIpc) is 2.98. The molecule has 0 saturated heterocycles. The molecule has 3 N–H and O–H groups in total. The molecule has 3 heteroatoms. The zero-order valence-electron chi connectivity index (χ0n) is 11.7. The number of hydrogen-bond acceptors (Lipinski definition) is 3. The van der Waals surface area contributed by atoms with Gasteiger partial charge in [-0.25, -0.2) is 0 Å². The summed E-state index contributed by atoms with van der Waals surface area (Å²) in [6, 6.07) is 9.05. The van der Waals surface area contributed by atoms with Crippen molar-refractivity contribution < 1.29 is 5.11 Å². The maximum Gasteiger partial charge on any atom is 0.0681 e. The maximum atomic E-state index is 9.07. The number of aliphatic hydroxyl groups is 1. The summed E-state index contributed by atoms with van der Waals surface area (Å²) >= 11 is 0. The molecule has 0 bridgehead atoms. The molecule has 0 aliphatic heterocycles. The second-order valence-corrected chi connectivity index (χ2v) is 5.53. The molecule has 0 atom stereocenters. The number of nitrogens with zero attached hydrogens (tertiary/aromatic N) is 1. The van der Waals surface area contributed by atoms with E-state index in [0.717, 1.165) is 37.7 Å². The van der Waals surface area contributed by atoms with E-state index >= 15 is 0 Å². The van der Waals surface area contributed by atoms with Gasteiger partial charge in [-0.1, -0.05) is 37.1 Å². The van der Waals surface area contributed by atoms with Crippen LogP contribution in [0.2, 0.25) is 0 Å². The molecule has 0 amide bonds. The van der Waals surface area contributed by atoms with Crippen LogP contribution in [0.4, 0.5) is 0 Å². The summed E-state index contributed by atoms with van der Waals surface area (Å²) in [4.78, 5) is 2.59. The monoisotopic (exact) mass is 262 g/mol. The summed E-state index contributed by atoms with van der Waals surface area (Å²) < 4.78 is 0. The SMILES string of the molecule is NCCCN(Cc1ccc(CO)cc1)C1CCCC1. The molecule has 19 heavy (non-hydrogen) atoms. The van der Waals surface area contributed by atoms with Gasteiger partial charge in [-0.3, -0.25) is 4.90 Å². The summed E-state index contributed by atoms with van der Waals surface area (Å²) in [5.74, 6) is 0. The molecule has 1 saturated carbocycles. The first-order valence-electron chi connectivity index (χ1n) is 7.46. The van der Waals surface area contributed by atoms with Crippen LogP contribution in [-0.2, 0) is 13.2 Å². The van der Waals surface area contributed by atoms with Crippen LogP contribution < -0.4 is 5.73 Å². The fraction of sp³-hybridized carbons (Fsp3) is 0.625. The van der Waals surface area contributed by atoms with E-state index in [4.69, 9.17) is 10.8 Å². The highest BCUT2D eigenvalue weighted by molar-refractivity contribution is 5.22. The Hall–Kier alpha value is -0.900. The van der Waals surface area contributed by atoms with E-state index in [2.05, 4.69) is 17.0 Å². The van der Waals surface area contributed by atoms with E-state index in [9.17, 15) is 0 Å². The van der Waals surface area contributed by atoms with Crippen molar-refractivity contribution in [3.63, 3.8) is 0 Å². The van der Waals surface area contributed by atoms with Gasteiger partial charge < -0.3 is 10.8 Å². The van der Waals surface area contributed by atoms with Crippen LogP contribution in [-0.4, -0.2) is 29.1 Å². The first-order valence-corrected chi connectivity index (χ1v) is 7.46. The van der Waals surface area contributed by atoms with E-state index in [1.54, 1.807) is 0 Å². The third-order valence-electron chi connectivity index (χ3n) is 4.08. The molecule has 1 aliphatic carbocycles. The summed E-state index contributed by atoms with van der Waals surface area (Å²) in [6.07, 6.45) is 6.48. The molecular weight excluding hydrogens is 236 g/mol. The normalized spacial score (nSPS) is 16.4. The minimum atomic E-state index is 0.125. The molecule has 0 unspecified atom stereocenters. The van der Waals surface area contributed by atoms with Gasteiger partial charge in [0.2, 0.25) is 0 Å². The molecule has 0 radical (unpaired) electrons. The third kappa shape index (κ3) is 4.30. The van der Waals surface area contributed by atoms with Crippen LogP contribution in [0.1, 0.15) is 43.2 Å². The lowest BCUT2D eigenvalue weighted by Gasteiger charge is -2.28. The first kappa shape index (κ1) is 14.5. The van der Waals surface area contributed by atoms with E-state index in [-0.39, 0.29) is 6.61 Å². The molecule has 1 aromatic carbocycles. The van der Waals surface area contributed by atoms with E-state index in [1.807, 2.05) is 12.1 Å². The van der Waals surface area contributed by atoms with Crippen molar-refractivity contribution in [2.75, 3.05) is 13.1 Å². The van der Waals surface area contributed by atoms with Crippen LogP contribution in [0.25, 0.3) is 0 Å². The third-order valence-corrected chi connectivity index (χ3v) is 4.08. The highest BCUT2D eigenvalue weighted by Crippen LogP contribution is 2.25. The molecule has 3 nitrogen and oxygen atoms in total. The Balaban J connectivity index is 1.96. The van der Waals surface area contributed by atoms with E-state index in [0.29, 0.717) is 0 Å². The van der Waals surface area contributed by atoms with Crippen LogP contribution in [0.15, 0.2) is 24.3 Å². The highest BCUT2D eigenvalue weighted by Gasteiger charge is 2.22. The lowest BCUT2D eigenvalue weighted by Crippen LogP contribution is -2.34. The minimum absolute atomic E-state index is 0.125. The Kier molecular flexibility index (Phi) is 5.83. The Bertz CT molecular complexity index is 358. The highest BCUT2D eigenvalue weighted by atomic mass is 16.3. The molecule has 1 fully saturated rings. The van der Waals surface area contributed by atoms with Crippen LogP contribution in [0, 0.1) is 0 Å². The average molecular weight is 262 g/mol. The van der Waals surface area contributed by atoms with Crippen LogP contribution in [0.3, 0.4) is 0 Å². The molecule has 0 aromatic heterocycles. The molecule has 1 aliphatic rings. The number of hydrogen-bond donors (Lipinski definition) is 2.